The van der Waals surface area contributed by atoms with Crippen LogP contribution in [0.25, 0.3) is 17.0 Å². The molecule has 1 aromatic carbocycles. The van der Waals surface area contributed by atoms with Crippen molar-refractivity contribution in [3.8, 4) is 0 Å². The van der Waals surface area contributed by atoms with Crippen molar-refractivity contribution >= 4 is 22.9 Å². The summed E-state index contributed by atoms with van der Waals surface area (Å²) in [4.78, 5) is 13.7. The zero-order chi connectivity index (χ0) is 12.4. The van der Waals surface area contributed by atoms with E-state index in [2.05, 4.69) is 24.0 Å². The molecule has 0 unspecified atom stereocenters. The second-order valence-electron chi connectivity index (χ2n) is 4.07. The van der Waals surface area contributed by atoms with Gasteiger partial charge in [-0.15, -0.1) is 0 Å². The summed E-state index contributed by atoms with van der Waals surface area (Å²) in [5, 5.41) is 9.78. The first kappa shape index (κ1) is 11.5. The molecule has 1 aromatic heterocycles. The normalized spacial score (nSPS) is 11.4. The molecule has 1 heterocycles. The highest BCUT2D eigenvalue weighted by atomic mass is 16.4. The van der Waals surface area contributed by atoms with Crippen LogP contribution in [0, 0.1) is 6.92 Å². The maximum atomic E-state index is 10.5. The molecule has 3 heteroatoms. The minimum Gasteiger partial charge on any atom is -0.478 e. The van der Waals surface area contributed by atoms with Crippen LogP contribution in [-0.4, -0.2) is 16.1 Å². The Morgan fingerprint density at radius 1 is 1.47 bits per heavy atom. The average Bonchev–Trinajstić information content (AvgIpc) is 2.63. The van der Waals surface area contributed by atoms with E-state index in [1.165, 1.54) is 5.56 Å². The third-order valence-corrected chi connectivity index (χ3v) is 2.96. The minimum absolute atomic E-state index is 0.857. The number of hydrogen-bond donors (Lipinski definition) is 2. The lowest BCUT2D eigenvalue weighted by Gasteiger charge is -1.96. The van der Waals surface area contributed by atoms with Gasteiger partial charge in [-0.25, -0.2) is 4.79 Å². The summed E-state index contributed by atoms with van der Waals surface area (Å²) in [6.07, 6.45) is 3.75. The number of aromatic amines is 1. The van der Waals surface area contributed by atoms with E-state index < -0.39 is 5.97 Å². The van der Waals surface area contributed by atoms with Crippen LogP contribution >= 0.6 is 0 Å². The number of carbonyl (C=O) groups is 1. The molecule has 0 atom stereocenters. The standard InChI is InChI=1S/C14H15NO2/c1-3-10-4-5-13-11(8-10)9(2)12(15-13)6-7-14(16)17/h4-8,15H,3H2,1-2H3,(H,16,17)/b7-6+. The lowest BCUT2D eigenvalue weighted by Crippen LogP contribution is -1.86. The van der Waals surface area contributed by atoms with E-state index in [4.69, 9.17) is 5.11 Å². The first-order chi connectivity index (χ1) is 8.11. The summed E-state index contributed by atoms with van der Waals surface area (Å²) in [6, 6.07) is 6.28. The molecule has 17 heavy (non-hydrogen) atoms. The molecule has 0 spiro atoms. The Morgan fingerprint density at radius 2 is 2.24 bits per heavy atom. The van der Waals surface area contributed by atoms with Crippen molar-refractivity contribution in [2.24, 2.45) is 0 Å². The fourth-order valence-corrected chi connectivity index (χ4v) is 1.94. The van der Waals surface area contributed by atoms with Crippen LogP contribution in [0.3, 0.4) is 0 Å². The highest BCUT2D eigenvalue weighted by Crippen LogP contribution is 2.24. The molecule has 88 valence electrons. The highest BCUT2D eigenvalue weighted by Gasteiger charge is 2.05. The molecule has 0 aliphatic rings. The molecule has 0 amide bonds. The number of fused-ring (bicyclic) bond motifs is 1. The Balaban J connectivity index is 2.53. The van der Waals surface area contributed by atoms with Crippen LogP contribution in [0.15, 0.2) is 24.3 Å². The molecule has 0 aliphatic heterocycles. The predicted octanol–water partition coefficient (Wildman–Crippen LogP) is 3.14. The van der Waals surface area contributed by atoms with E-state index in [9.17, 15) is 4.79 Å². The largest absolute Gasteiger partial charge is 0.478 e. The Labute approximate surface area is 99.8 Å². The summed E-state index contributed by atoms with van der Waals surface area (Å²) in [7, 11) is 0. The smallest absolute Gasteiger partial charge is 0.328 e. The van der Waals surface area contributed by atoms with E-state index >= 15 is 0 Å². The molecule has 2 aromatic rings. The number of rotatable bonds is 3. The summed E-state index contributed by atoms with van der Waals surface area (Å²) < 4.78 is 0. The van der Waals surface area contributed by atoms with Crippen molar-refractivity contribution < 1.29 is 9.90 Å². The van der Waals surface area contributed by atoms with Crippen LogP contribution in [0.2, 0.25) is 0 Å². The minimum atomic E-state index is -0.933. The van der Waals surface area contributed by atoms with Gasteiger partial charge in [0.25, 0.3) is 0 Å². The third-order valence-electron chi connectivity index (χ3n) is 2.96. The lowest BCUT2D eigenvalue weighted by molar-refractivity contribution is -0.131. The number of aliphatic carboxylic acids is 1. The Hall–Kier alpha value is -2.03. The topological polar surface area (TPSA) is 53.1 Å². The molecule has 0 aliphatic carbocycles. The van der Waals surface area contributed by atoms with E-state index in [0.717, 1.165) is 34.7 Å². The van der Waals surface area contributed by atoms with Crippen LogP contribution in [-0.2, 0) is 11.2 Å². The summed E-state index contributed by atoms with van der Waals surface area (Å²) >= 11 is 0. The second kappa shape index (κ2) is 4.45. The number of carboxylic acid groups (broad SMARTS) is 1. The lowest BCUT2D eigenvalue weighted by atomic mass is 10.1. The van der Waals surface area contributed by atoms with Gasteiger partial charge < -0.3 is 10.1 Å². The van der Waals surface area contributed by atoms with E-state index in [1.54, 1.807) is 6.08 Å². The molecule has 0 bridgehead atoms. The molecule has 3 nitrogen and oxygen atoms in total. The van der Waals surface area contributed by atoms with E-state index in [1.807, 2.05) is 13.0 Å². The highest BCUT2D eigenvalue weighted by molar-refractivity contribution is 5.90. The molecule has 2 rings (SSSR count). The monoisotopic (exact) mass is 229 g/mol. The molecular weight excluding hydrogens is 214 g/mol. The van der Waals surface area contributed by atoms with Gasteiger partial charge in [0.1, 0.15) is 0 Å². The number of aromatic nitrogens is 1. The van der Waals surface area contributed by atoms with Gasteiger partial charge in [0.2, 0.25) is 0 Å². The van der Waals surface area contributed by atoms with Crippen LogP contribution in [0.5, 0.6) is 0 Å². The van der Waals surface area contributed by atoms with Crippen molar-refractivity contribution in [2.75, 3.05) is 0 Å². The molecule has 0 saturated carbocycles. The summed E-state index contributed by atoms with van der Waals surface area (Å²) in [6.45, 7) is 4.12. The first-order valence-corrected chi connectivity index (χ1v) is 5.64. The van der Waals surface area contributed by atoms with Crippen LogP contribution in [0.1, 0.15) is 23.7 Å². The van der Waals surface area contributed by atoms with Gasteiger partial charge in [-0.3, -0.25) is 0 Å². The fourth-order valence-electron chi connectivity index (χ4n) is 1.94. The number of nitrogens with one attached hydrogen (secondary N) is 1. The van der Waals surface area contributed by atoms with Gasteiger partial charge in [-0.2, -0.15) is 0 Å². The van der Waals surface area contributed by atoms with Crippen LogP contribution < -0.4 is 0 Å². The molecular formula is C14H15NO2. The van der Waals surface area contributed by atoms with Crippen molar-refractivity contribution in [3.63, 3.8) is 0 Å². The number of aryl methyl sites for hydroxylation is 2. The SMILES string of the molecule is CCc1ccc2[nH]c(/C=C/C(=O)O)c(C)c2c1. The van der Waals surface area contributed by atoms with Crippen molar-refractivity contribution in [1.29, 1.82) is 0 Å². The van der Waals surface area contributed by atoms with Crippen LogP contribution in [0.4, 0.5) is 0 Å². The fraction of sp³-hybridized carbons (Fsp3) is 0.214. The molecule has 0 radical (unpaired) electrons. The zero-order valence-corrected chi connectivity index (χ0v) is 9.95. The van der Waals surface area contributed by atoms with E-state index in [0.29, 0.717) is 0 Å². The first-order valence-electron chi connectivity index (χ1n) is 5.64. The summed E-state index contributed by atoms with van der Waals surface area (Å²) in [5.41, 5.74) is 4.28. The Kier molecular flexibility index (Phi) is 3.00. The maximum Gasteiger partial charge on any atom is 0.328 e. The zero-order valence-electron chi connectivity index (χ0n) is 9.95. The van der Waals surface area contributed by atoms with Gasteiger partial charge in [0.05, 0.1) is 0 Å². The van der Waals surface area contributed by atoms with E-state index in [-0.39, 0.29) is 0 Å². The number of carboxylic acids is 1. The maximum absolute atomic E-state index is 10.5. The van der Waals surface area contributed by atoms with Gasteiger partial charge in [-0.05, 0) is 42.7 Å². The molecule has 0 saturated heterocycles. The molecule has 2 N–H and O–H groups in total. The Bertz CT molecular complexity index is 594. The number of H-pyrrole nitrogens is 1. The quantitative estimate of drug-likeness (QED) is 0.794. The van der Waals surface area contributed by atoms with Gasteiger partial charge in [-0.1, -0.05) is 13.0 Å². The summed E-state index contributed by atoms with van der Waals surface area (Å²) in [5.74, 6) is -0.933. The number of hydrogen-bond acceptors (Lipinski definition) is 1. The number of benzene rings is 1. The third kappa shape index (κ3) is 2.23. The van der Waals surface area contributed by atoms with Gasteiger partial charge in [0, 0.05) is 22.7 Å². The predicted molar refractivity (Wildman–Crippen MR) is 69.1 cm³/mol. The van der Waals surface area contributed by atoms with Crippen molar-refractivity contribution in [1.82, 2.24) is 4.98 Å². The van der Waals surface area contributed by atoms with Crippen molar-refractivity contribution in [2.45, 2.75) is 20.3 Å². The van der Waals surface area contributed by atoms with Crippen molar-refractivity contribution in [3.05, 3.63) is 41.1 Å². The second-order valence-corrected chi connectivity index (χ2v) is 4.07. The molecule has 0 fully saturated rings. The average molecular weight is 229 g/mol. The Morgan fingerprint density at radius 3 is 2.88 bits per heavy atom. The van der Waals surface area contributed by atoms with Gasteiger partial charge in [0.15, 0.2) is 0 Å². The van der Waals surface area contributed by atoms with Gasteiger partial charge >= 0.3 is 5.97 Å².